The Morgan fingerprint density at radius 2 is 2.11 bits per heavy atom. The number of hydrogen-bond donors (Lipinski definition) is 0. The van der Waals surface area contributed by atoms with E-state index in [0.717, 1.165) is 5.75 Å². The van der Waals surface area contributed by atoms with Gasteiger partial charge in [-0.05, 0) is 31.2 Å². The number of Topliss-reactive ketones (excluding diaryl/α,β-unsaturated/α-hetero) is 1. The maximum atomic E-state index is 12.5. The summed E-state index contributed by atoms with van der Waals surface area (Å²) in [6.45, 7) is 6.30. The van der Waals surface area contributed by atoms with E-state index in [4.69, 9.17) is 9.47 Å². The van der Waals surface area contributed by atoms with Gasteiger partial charge in [-0.3, -0.25) is 4.79 Å². The van der Waals surface area contributed by atoms with Gasteiger partial charge in [0.25, 0.3) is 0 Å². The van der Waals surface area contributed by atoms with E-state index < -0.39 is 0 Å². The van der Waals surface area contributed by atoms with Crippen LogP contribution in [0.3, 0.4) is 0 Å². The molecule has 0 N–H and O–H groups in total. The molecule has 1 aliphatic heterocycles. The summed E-state index contributed by atoms with van der Waals surface area (Å²) in [6.07, 6.45) is 1.76. The van der Waals surface area contributed by atoms with Crippen LogP contribution in [0.2, 0.25) is 0 Å². The highest BCUT2D eigenvalue weighted by Gasteiger charge is 2.38. The lowest BCUT2D eigenvalue weighted by atomic mass is 9.85. The summed E-state index contributed by atoms with van der Waals surface area (Å²) in [5, 5.41) is 0. The molecular weight excluding hydrogens is 228 g/mol. The Kier molecular flexibility index (Phi) is 3.82. The van der Waals surface area contributed by atoms with E-state index in [-0.39, 0.29) is 23.7 Å². The molecule has 0 amide bonds. The number of carbonyl (C=O) groups is 1. The normalized spacial score (nSPS) is 26.9. The molecule has 0 aliphatic carbocycles. The van der Waals surface area contributed by atoms with Gasteiger partial charge in [-0.15, -0.1) is 6.58 Å². The molecule has 0 saturated carbocycles. The minimum Gasteiger partial charge on any atom is -0.497 e. The van der Waals surface area contributed by atoms with Gasteiger partial charge in [0.1, 0.15) is 5.75 Å². The molecule has 2 rings (SSSR count). The van der Waals surface area contributed by atoms with Crippen LogP contribution in [0.4, 0.5) is 0 Å². The van der Waals surface area contributed by atoms with E-state index >= 15 is 0 Å². The smallest absolute Gasteiger partial charge is 0.169 e. The van der Waals surface area contributed by atoms with Crippen LogP contribution < -0.4 is 4.74 Å². The molecule has 3 heteroatoms. The molecule has 1 aliphatic rings. The fraction of sp³-hybridized carbons (Fsp3) is 0.400. The SMILES string of the molecule is C=C[C@H]1CO[C@H](C)[C@H]1C(=O)c1ccc(OC)cc1. The average molecular weight is 246 g/mol. The molecule has 3 nitrogen and oxygen atoms in total. The van der Waals surface area contributed by atoms with Crippen LogP contribution in [0.1, 0.15) is 17.3 Å². The molecular formula is C15H18O3. The molecule has 0 unspecified atom stereocenters. The Morgan fingerprint density at radius 3 is 2.67 bits per heavy atom. The lowest BCUT2D eigenvalue weighted by molar-refractivity contribution is 0.0762. The van der Waals surface area contributed by atoms with Crippen molar-refractivity contribution in [2.45, 2.75) is 13.0 Å². The van der Waals surface area contributed by atoms with Crippen molar-refractivity contribution in [1.82, 2.24) is 0 Å². The molecule has 1 saturated heterocycles. The molecule has 1 aromatic rings. The number of rotatable bonds is 4. The molecule has 18 heavy (non-hydrogen) atoms. The quantitative estimate of drug-likeness (QED) is 0.605. The minimum atomic E-state index is -0.129. The Balaban J connectivity index is 2.21. The van der Waals surface area contributed by atoms with E-state index in [9.17, 15) is 4.79 Å². The number of benzene rings is 1. The molecule has 1 aromatic carbocycles. The number of carbonyl (C=O) groups excluding carboxylic acids is 1. The number of hydrogen-bond acceptors (Lipinski definition) is 3. The minimum absolute atomic E-state index is 0.0531. The van der Waals surface area contributed by atoms with Gasteiger partial charge in [-0.2, -0.15) is 0 Å². The highest BCUT2D eigenvalue weighted by atomic mass is 16.5. The lowest BCUT2D eigenvalue weighted by Gasteiger charge is -2.17. The third kappa shape index (κ3) is 2.31. The van der Waals surface area contributed by atoms with Gasteiger partial charge in [0.05, 0.1) is 25.7 Å². The van der Waals surface area contributed by atoms with Crippen molar-refractivity contribution in [1.29, 1.82) is 0 Å². The molecule has 0 aromatic heterocycles. The zero-order valence-corrected chi connectivity index (χ0v) is 10.8. The first-order valence-corrected chi connectivity index (χ1v) is 6.09. The van der Waals surface area contributed by atoms with Crippen molar-refractivity contribution in [2.24, 2.45) is 11.8 Å². The zero-order chi connectivity index (χ0) is 13.1. The van der Waals surface area contributed by atoms with Gasteiger partial charge in [-0.1, -0.05) is 6.08 Å². The molecule has 0 bridgehead atoms. The van der Waals surface area contributed by atoms with Gasteiger partial charge < -0.3 is 9.47 Å². The highest BCUT2D eigenvalue weighted by Crippen LogP contribution is 2.31. The Labute approximate surface area is 107 Å². The highest BCUT2D eigenvalue weighted by molar-refractivity contribution is 5.98. The predicted octanol–water partition coefficient (Wildman–Crippen LogP) is 2.72. The largest absolute Gasteiger partial charge is 0.497 e. The summed E-state index contributed by atoms with van der Waals surface area (Å²) in [5.41, 5.74) is 0.699. The van der Waals surface area contributed by atoms with Crippen molar-refractivity contribution in [3.05, 3.63) is 42.5 Å². The van der Waals surface area contributed by atoms with Crippen LogP contribution in [0, 0.1) is 11.8 Å². The van der Waals surface area contributed by atoms with Crippen LogP contribution in [0.5, 0.6) is 5.75 Å². The van der Waals surface area contributed by atoms with E-state index in [0.29, 0.717) is 12.2 Å². The van der Waals surface area contributed by atoms with Gasteiger partial charge in [0.2, 0.25) is 0 Å². The fourth-order valence-electron chi connectivity index (χ4n) is 2.39. The standard InChI is InChI=1S/C15H18O3/c1-4-11-9-18-10(2)14(11)15(16)12-5-7-13(17-3)8-6-12/h4-8,10-11,14H,1,9H2,2-3H3/t10-,11+,14-/m1/s1. The van der Waals surface area contributed by atoms with Gasteiger partial charge in [0.15, 0.2) is 5.78 Å². The van der Waals surface area contributed by atoms with Crippen molar-refractivity contribution < 1.29 is 14.3 Å². The average Bonchev–Trinajstić information content (AvgIpc) is 2.79. The number of methoxy groups -OCH3 is 1. The maximum Gasteiger partial charge on any atom is 0.169 e. The van der Waals surface area contributed by atoms with Crippen molar-refractivity contribution in [2.75, 3.05) is 13.7 Å². The summed E-state index contributed by atoms with van der Waals surface area (Å²) in [6, 6.07) is 7.20. The zero-order valence-electron chi connectivity index (χ0n) is 10.8. The summed E-state index contributed by atoms with van der Waals surface area (Å²) in [4.78, 5) is 12.5. The Bertz CT molecular complexity index is 436. The topological polar surface area (TPSA) is 35.5 Å². The van der Waals surface area contributed by atoms with Crippen LogP contribution in [-0.4, -0.2) is 25.6 Å². The van der Waals surface area contributed by atoms with E-state index in [2.05, 4.69) is 6.58 Å². The second-order valence-corrected chi connectivity index (χ2v) is 4.56. The predicted molar refractivity (Wildman–Crippen MR) is 69.9 cm³/mol. The first-order valence-electron chi connectivity index (χ1n) is 6.09. The van der Waals surface area contributed by atoms with Crippen LogP contribution in [0.15, 0.2) is 36.9 Å². The maximum absolute atomic E-state index is 12.5. The van der Waals surface area contributed by atoms with Gasteiger partial charge in [-0.25, -0.2) is 0 Å². The number of ketones is 1. The van der Waals surface area contributed by atoms with Crippen molar-refractivity contribution in [3.8, 4) is 5.75 Å². The summed E-state index contributed by atoms with van der Waals surface area (Å²) in [7, 11) is 1.61. The molecule has 96 valence electrons. The Hall–Kier alpha value is -1.61. The van der Waals surface area contributed by atoms with E-state index in [1.807, 2.05) is 13.0 Å². The van der Waals surface area contributed by atoms with Gasteiger partial charge >= 0.3 is 0 Å². The van der Waals surface area contributed by atoms with Crippen LogP contribution >= 0.6 is 0 Å². The second kappa shape index (κ2) is 5.36. The molecule has 3 atom stereocenters. The summed E-state index contributed by atoms with van der Waals surface area (Å²) < 4.78 is 10.6. The van der Waals surface area contributed by atoms with Crippen molar-refractivity contribution in [3.63, 3.8) is 0 Å². The van der Waals surface area contributed by atoms with E-state index in [1.54, 1.807) is 31.4 Å². The summed E-state index contributed by atoms with van der Waals surface area (Å²) >= 11 is 0. The monoisotopic (exact) mass is 246 g/mol. The van der Waals surface area contributed by atoms with Crippen LogP contribution in [0.25, 0.3) is 0 Å². The molecule has 1 fully saturated rings. The van der Waals surface area contributed by atoms with E-state index in [1.165, 1.54) is 0 Å². The first kappa shape index (κ1) is 12.8. The van der Waals surface area contributed by atoms with Gasteiger partial charge in [0, 0.05) is 11.5 Å². The first-order chi connectivity index (χ1) is 8.67. The van der Waals surface area contributed by atoms with Crippen molar-refractivity contribution >= 4 is 5.78 Å². The second-order valence-electron chi connectivity index (χ2n) is 4.56. The molecule has 0 spiro atoms. The molecule has 1 heterocycles. The number of ether oxygens (including phenoxy) is 2. The third-order valence-corrected chi connectivity index (χ3v) is 3.50. The Morgan fingerprint density at radius 1 is 1.44 bits per heavy atom. The fourth-order valence-corrected chi connectivity index (χ4v) is 2.39. The lowest BCUT2D eigenvalue weighted by Crippen LogP contribution is -2.26. The third-order valence-electron chi connectivity index (χ3n) is 3.50. The molecule has 0 radical (unpaired) electrons. The van der Waals surface area contributed by atoms with Crippen LogP contribution in [-0.2, 0) is 4.74 Å². The summed E-state index contributed by atoms with van der Waals surface area (Å²) in [5.74, 6) is 0.848.